The molecule has 36 heavy (non-hydrogen) atoms. The van der Waals surface area contributed by atoms with Crippen LogP contribution in [0, 0.1) is 11.8 Å². The molecule has 5 rings (SSSR count). The lowest BCUT2D eigenvalue weighted by Gasteiger charge is -2.52. The fourth-order valence-corrected chi connectivity index (χ4v) is 5.41. The maximum Gasteiger partial charge on any atom is 0.244 e. The summed E-state index contributed by atoms with van der Waals surface area (Å²) in [6.45, 7) is 2.17. The number of hydrazone groups is 1. The van der Waals surface area contributed by atoms with Gasteiger partial charge < -0.3 is 14.7 Å². The quantitative estimate of drug-likeness (QED) is 0.415. The molecule has 0 spiro atoms. The molecule has 0 radical (unpaired) electrons. The first kappa shape index (κ1) is 23.8. The first-order chi connectivity index (χ1) is 17.6. The molecule has 2 unspecified atom stereocenters. The number of ether oxygens (including phenoxy) is 1. The molecule has 0 bridgehead atoms. The minimum atomic E-state index is -0.467. The topological polar surface area (TPSA) is 91.2 Å². The fourth-order valence-electron chi connectivity index (χ4n) is 5.41. The van der Waals surface area contributed by atoms with Gasteiger partial charge in [-0.05, 0) is 28.8 Å². The minimum absolute atomic E-state index is 0.0633. The van der Waals surface area contributed by atoms with Crippen molar-refractivity contribution in [2.24, 2.45) is 16.9 Å². The first-order valence-electron chi connectivity index (χ1n) is 12.2. The monoisotopic (exact) mass is 483 g/mol. The van der Waals surface area contributed by atoms with Gasteiger partial charge in [0.2, 0.25) is 11.8 Å². The van der Waals surface area contributed by atoms with E-state index in [1.54, 1.807) is 24.3 Å². The van der Waals surface area contributed by atoms with Crippen molar-refractivity contribution >= 4 is 18.0 Å². The summed E-state index contributed by atoms with van der Waals surface area (Å²) in [6, 6.07) is 26.2. The lowest BCUT2D eigenvalue weighted by Crippen LogP contribution is -2.57. The van der Waals surface area contributed by atoms with Gasteiger partial charge in [-0.15, -0.1) is 0 Å². The number of nitrogens with one attached hydrogen (secondary N) is 1. The molecule has 1 saturated carbocycles. The zero-order valence-electron chi connectivity index (χ0n) is 19.9. The minimum Gasteiger partial charge on any atom is -0.508 e. The van der Waals surface area contributed by atoms with Gasteiger partial charge in [0.15, 0.2) is 0 Å². The zero-order valence-corrected chi connectivity index (χ0v) is 19.9. The van der Waals surface area contributed by atoms with Gasteiger partial charge in [-0.2, -0.15) is 5.10 Å². The summed E-state index contributed by atoms with van der Waals surface area (Å²) in [5.74, 6) is -1.43. The molecule has 1 aliphatic carbocycles. The predicted octanol–water partition coefficient (Wildman–Crippen LogP) is 3.51. The number of nitrogens with zero attached hydrogens (tertiary/aromatic N) is 2. The third-order valence-corrected chi connectivity index (χ3v) is 7.09. The van der Waals surface area contributed by atoms with Crippen molar-refractivity contribution in [2.75, 3.05) is 26.3 Å². The van der Waals surface area contributed by atoms with Crippen molar-refractivity contribution in [3.63, 3.8) is 0 Å². The molecule has 1 saturated heterocycles. The van der Waals surface area contributed by atoms with Crippen molar-refractivity contribution in [3.05, 3.63) is 102 Å². The second-order valence-electron chi connectivity index (χ2n) is 9.19. The smallest absolute Gasteiger partial charge is 0.244 e. The molecule has 184 valence electrons. The summed E-state index contributed by atoms with van der Waals surface area (Å²) in [5, 5.41) is 13.8. The van der Waals surface area contributed by atoms with Gasteiger partial charge in [-0.3, -0.25) is 9.59 Å². The van der Waals surface area contributed by atoms with Crippen LogP contribution in [0.15, 0.2) is 90.0 Å². The molecule has 0 aromatic heterocycles. The molecule has 2 fully saturated rings. The number of phenolic OH excluding ortho intramolecular Hbond substituents is 1. The van der Waals surface area contributed by atoms with E-state index in [9.17, 15) is 14.7 Å². The molecule has 2 atom stereocenters. The summed E-state index contributed by atoms with van der Waals surface area (Å²) < 4.78 is 5.46. The van der Waals surface area contributed by atoms with Gasteiger partial charge in [-0.25, -0.2) is 5.43 Å². The molecule has 2 amide bonds. The Hall–Kier alpha value is -3.97. The van der Waals surface area contributed by atoms with E-state index in [0.717, 1.165) is 11.1 Å². The lowest BCUT2D eigenvalue weighted by molar-refractivity contribution is -0.151. The van der Waals surface area contributed by atoms with E-state index in [1.165, 1.54) is 6.21 Å². The molecule has 7 heteroatoms. The van der Waals surface area contributed by atoms with Crippen molar-refractivity contribution in [1.82, 2.24) is 10.3 Å². The number of carbonyl (C=O) groups excluding carboxylic acids is 2. The summed E-state index contributed by atoms with van der Waals surface area (Å²) in [4.78, 5) is 29.3. The van der Waals surface area contributed by atoms with Crippen LogP contribution in [0.4, 0.5) is 0 Å². The van der Waals surface area contributed by atoms with Crippen LogP contribution in [-0.4, -0.2) is 54.3 Å². The van der Waals surface area contributed by atoms with Gasteiger partial charge >= 0.3 is 0 Å². The molecule has 3 aromatic rings. The highest BCUT2D eigenvalue weighted by atomic mass is 16.5. The summed E-state index contributed by atoms with van der Waals surface area (Å²) in [5.41, 5.74) is 5.30. The second kappa shape index (κ2) is 10.7. The number of hydrogen-bond acceptors (Lipinski definition) is 5. The van der Waals surface area contributed by atoms with E-state index in [1.807, 2.05) is 65.6 Å². The Kier molecular flexibility index (Phi) is 7.09. The van der Waals surface area contributed by atoms with E-state index in [-0.39, 0.29) is 35.3 Å². The Bertz CT molecular complexity index is 1180. The highest BCUT2D eigenvalue weighted by molar-refractivity contribution is 5.91. The Morgan fingerprint density at radius 3 is 2.06 bits per heavy atom. The highest BCUT2D eigenvalue weighted by Crippen LogP contribution is 2.58. The molecule has 7 nitrogen and oxygen atoms in total. The van der Waals surface area contributed by atoms with Gasteiger partial charge in [0.25, 0.3) is 0 Å². The van der Waals surface area contributed by atoms with E-state index >= 15 is 0 Å². The van der Waals surface area contributed by atoms with Gasteiger partial charge in [0, 0.05) is 24.9 Å². The molecular formula is C29H29N3O4. The average Bonchev–Trinajstić information content (AvgIpc) is 2.90. The second-order valence-corrected chi connectivity index (χ2v) is 9.19. The average molecular weight is 484 g/mol. The third-order valence-electron chi connectivity index (χ3n) is 7.09. The number of hydrogen-bond donors (Lipinski definition) is 2. The van der Waals surface area contributed by atoms with Crippen LogP contribution in [0.5, 0.6) is 5.75 Å². The van der Waals surface area contributed by atoms with Crippen LogP contribution in [0.1, 0.15) is 28.5 Å². The number of aromatic hydroxyl groups is 1. The van der Waals surface area contributed by atoms with Crippen molar-refractivity contribution in [1.29, 1.82) is 0 Å². The fraction of sp³-hybridized carbons (Fsp3) is 0.276. The Morgan fingerprint density at radius 1 is 0.861 bits per heavy atom. The van der Waals surface area contributed by atoms with Crippen LogP contribution in [0.3, 0.4) is 0 Å². The Labute approximate surface area is 210 Å². The van der Waals surface area contributed by atoms with Gasteiger partial charge in [-0.1, -0.05) is 72.8 Å². The van der Waals surface area contributed by atoms with E-state index < -0.39 is 5.92 Å². The summed E-state index contributed by atoms with van der Waals surface area (Å²) >= 11 is 0. The molecule has 1 aliphatic heterocycles. The summed E-state index contributed by atoms with van der Waals surface area (Å²) in [6.07, 6.45) is 1.50. The maximum absolute atomic E-state index is 13.8. The number of benzene rings is 3. The SMILES string of the molecule is O=C(NN=Cc1cccc(O)c1)C1C(c2ccccc2)C(C(=O)N2CCOCC2)C1c1ccccc1. The van der Waals surface area contributed by atoms with Gasteiger partial charge in [0.1, 0.15) is 5.75 Å². The Balaban J connectivity index is 1.46. The maximum atomic E-state index is 13.8. The summed E-state index contributed by atoms with van der Waals surface area (Å²) in [7, 11) is 0. The molecule has 3 aromatic carbocycles. The number of amides is 2. The van der Waals surface area contributed by atoms with E-state index in [2.05, 4.69) is 10.5 Å². The third kappa shape index (κ3) is 4.88. The lowest BCUT2D eigenvalue weighted by atomic mass is 9.51. The standard InChI is InChI=1S/C29H29N3O4/c33-23-13-7-8-20(18-23)19-30-31-28(34)26-24(21-9-3-1-4-10-21)27(25(26)22-11-5-2-6-12-22)29(35)32-14-16-36-17-15-32/h1-13,18-19,24-27,33H,14-17H2,(H,31,34). The highest BCUT2D eigenvalue weighted by Gasteiger charge is 2.58. The number of carbonyl (C=O) groups is 2. The normalized spacial score (nSPS) is 23.7. The molecule has 1 heterocycles. The van der Waals surface area contributed by atoms with Crippen LogP contribution in [0.25, 0.3) is 0 Å². The van der Waals surface area contributed by atoms with Gasteiger partial charge in [0.05, 0.1) is 31.3 Å². The molecule has 2 aliphatic rings. The molecular weight excluding hydrogens is 454 g/mol. The van der Waals surface area contributed by atoms with Crippen LogP contribution in [-0.2, 0) is 14.3 Å². The van der Waals surface area contributed by atoms with E-state index in [0.29, 0.717) is 31.9 Å². The van der Waals surface area contributed by atoms with Crippen molar-refractivity contribution in [2.45, 2.75) is 11.8 Å². The van der Waals surface area contributed by atoms with Crippen LogP contribution < -0.4 is 5.43 Å². The first-order valence-corrected chi connectivity index (χ1v) is 12.2. The number of phenols is 1. The predicted molar refractivity (Wildman–Crippen MR) is 137 cm³/mol. The number of morpholine rings is 1. The Morgan fingerprint density at radius 2 is 1.47 bits per heavy atom. The largest absolute Gasteiger partial charge is 0.508 e. The molecule has 2 N–H and O–H groups in total. The van der Waals surface area contributed by atoms with Crippen LogP contribution in [0.2, 0.25) is 0 Å². The van der Waals surface area contributed by atoms with Crippen LogP contribution >= 0.6 is 0 Å². The van der Waals surface area contributed by atoms with Crippen molar-refractivity contribution < 1.29 is 19.4 Å². The number of rotatable bonds is 6. The zero-order chi connectivity index (χ0) is 24.9. The van der Waals surface area contributed by atoms with E-state index in [4.69, 9.17) is 4.74 Å². The van der Waals surface area contributed by atoms with Crippen molar-refractivity contribution in [3.8, 4) is 5.75 Å².